The molecule has 80 valence electrons. The lowest BCUT2D eigenvalue weighted by molar-refractivity contribution is 0.643. The van der Waals surface area contributed by atoms with Gasteiger partial charge in [-0.3, -0.25) is 5.10 Å². The van der Waals surface area contributed by atoms with E-state index >= 15 is 0 Å². The van der Waals surface area contributed by atoms with Crippen LogP contribution in [0.3, 0.4) is 0 Å². The summed E-state index contributed by atoms with van der Waals surface area (Å²) < 4.78 is 0. The maximum atomic E-state index is 8.94. The summed E-state index contributed by atoms with van der Waals surface area (Å²) in [5.41, 5.74) is 0.440. The van der Waals surface area contributed by atoms with E-state index in [1.165, 1.54) is 0 Å². The monoisotopic (exact) mass is 206 g/mol. The first-order valence-corrected chi connectivity index (χ1v) is 4.62. The van der Waals surface area contributed by atoms with Gasteiger partial charge in [0.05, 0.1) is 6.34 Å². The maximum Gasteiger partial charge on any atom is 0.169 e. The Morgan fingerprint density at radius 1 is 1.67 bits per heavy atom. The van der Waals surface area contributed by atoms with E-state index in [0.717, 1.165) is 6.54 Å². The van der Waals surface area contributed by atoms with Crippen molar-refractivity contribution in [3.8, 4) is 6.07 Å². The standard InChI is InChI=1S/C9H14N6/c1-4-11-8-7(5-10)9(14-13-8)12-6-15(2)3/h6H,4H2,1-3H3,(H2,11,13,14). The highest BCUT2D eigenvalue weighted by molar-refractivity contribution is 5.68. The first-order chi connectivity index (χ1) is 7.19. The quantitative estimate of drug-likeness (QED) is 0.567. The average Bonchev–Trinajstić information content (AvgIpc) is 2.58. The van der Waals surface area contributed by atoms with Gasteiger partial charge in [0.15, 0.2) is 11.6 Å². The van der Waals surface area contributed by atoms with E-state index in [1.807, 2.05) is 21.0 Å². The van der Waals surface area contributed by atoms with Gasteiger partial charge in [0.1, 0.15) is 11.6 Å². The second-order valence-corrected chi connectivity index (χ2v) is 3.15. The lowest BCUT2D eigenvalue weighted by Gasteiger charge is -2.01. The molecule has 0 radical (unpaired) electrons. The molecule has 0 saturated heterocycles. The molecular weight excluding hydrogens is 192 g/mol. The molecule has 0 unspecified atom stereocenters. The van der Waals surface area contributed by atoms with E-state index in [1.54, 1.807) is 11.2 Å². The molecule has 1 aromatic rings. The van der Waals surface area contributed by atoms with Crippen LogP contribution in [0, 0.1) is 11.3 Å². The number of rotatable bonds is 4. The minimum absolute atomic E-state index is 0.440. The Balaban J connectivity index is 2.95. The molecule has 0 atom stereocenters. The van der Waals surface area contributed by atoms with Gasteiger partial charge in [0.25, 0.3) is 0 Å². The third-order valence-electron chi connectivity index (χ3n) is 1.62. The number of H-pyrrole nitrogens is 1. The lowest BCUT2D eigenvalue weighted by Crippen LogP contribution is -2.07. The Hall–Kier alpha value is -2.03. The molecule has 1 aromatic heterocycles. The summed E-state index contributed by atoms with van der Waals surface area (Å²) in [6.45, 7) is 2.66. The van der Waals surface area contributed by atoms with Crippen molar-refractivity contribution in [1.82, 2.24) is 15.1 Å². The van der Waals surface area contributed by atoms with Crippen LogP contribution in [0.5, 0.6) is 0 Å². The number of aromatic nitrogens is 2. The van der Waals surface area contributed by atoms with Crippen molar-refractivity contribution < 1.29 is 0 Å². The van der Waals surface area contributed by atoms with Crippen molar-refractivity contribution in [3.63, 3.8) is 0 Å². The molecular formula is C9H14N6. The molecule has 0 aliphatic carbocycles. The predicted molar refractivity (Wildman–Crippen MR) is 59.3 cm³/mol. The van der Waals surface area contributed by atoms with Crippen LogP contribution in [-0.2, 0) is 0 Å². The van der Waals surface area contributed by atoms with Crippen LogP contribution in [0.25, 0.3) is 0 Å². The van der Waals surface area contributed by atoms with Crippen molar-refractivity contribution in [2.24, 2.45) is 4.99 Å². The summed E-state index contributed by atoms with van der Waals surface area (Å²) in [7, 11) is 3.72. The van der Waals surface area contributed by atoms with Crippen LogP contribution in [0.2, 0.25) is 0 Å². The Morgan fingerprint density at radius 2 is 2.40 bits per heavy atom. The van der Waals surface area contributed by atoms with E-state index < -0.39 is 0 Å². The van der Waals surface area contributed by atoms with Gasteiger partial charge in [-0.15, -0.1) is 0 Å². The normalized spacial score (nSPS) is 10.3. The second kappa shape index (κ2) is 5.00. The Kier molecular flexibility index (Phi) is 3.68. The first-order valence-electron chi connectivity index (χ1n) is 4.62. The smallest absolute Gasteiger partial charge is 0.169 e. The van der Waals surface area contributed by atoms with Gasteiger partial charge in [-0.2, -0.15) is 10.4 Å². The van der Waals surface area contributed by atoms with Gasteiger partial charge in [-0.1, -0.05) is 0 Å². The molecule has 0 amide bonds. The third-order valence-corrected chi connectivity index (χ3v) is 1.62. The van der Waals surface area contributed by atoms with Crippen molar-refractivity contribution in [3.05, 3.63) is 5.56 Å². The highest BCUT2D eigenvalue weighted by Gasteiger charge is 2.10. The summed E-state index contributed by atoms with van der Waals surface area (Å²) >= 11 is 0. The highest BCUT2D eigenvalue weighted by Crippen LogP contribution is 2.21. The molecule has 0 aromatic carbocycles. The molecule has 0 bridgehead atoms. The number of aromatic amines is 1. The molecule has 2 N–H and O–H groups in total. The van der Waals surface area contributed by atoms with Crippen LogP contribution in [-0.4, -0.2) is 42.1 Å². The second-order valence-electron chi connectivity index (χ2n) is 3.15. The summed E-state index contributed by atoms with van der Waals surface area (Å²) in [4.78, 5) is 5.89. The zero-order chi connectivity index (χ0) is 11.3. The Bertz CT molecular complexity index is 384. The molecule has 0 spiro atoms. The maximum absolute atomic E-state index is 8.94. The van der Waals surface area contributed by atoms with Crippen LogP contribution in [0.15, 0.2) is 4.99 Å². The van der Waals surface area contributed by atoms with Crippen molar-refractivity contribution >= 4 is 18.0 Å². The summed E-state index contributed by atoms with van der Waals surface area (Å²) in [5.74, 6) is 1.02. The third kappa shape index (κ3) is 2.71. The summed E-state index contributed by atoms with van der Waals surface area (Å²) in [6.07, 6.45) is 1.62. The molecule has 0 saturated carbocycles. The fourth-order valence-electron chi connectivity index (χ4n) is 1.00. The van der Waals surface area contributed by atoms with E-state index in [4.69, 9.17) is 5.26 Å². The van der Waals surface area contributed by atoms with Gasteiger partial charge in [-0.25, -0.2) is 4.99 Å². The van der Waals surface area contributed by atoms with E-state index in [9.17, 15) is 0 Å². The molecule has 6 heteroatoms. The average molecular weight is 206 g/mol. The summed E-state index contributed by atoms with van der Waals surface area (Å²) in [5, 5.41) is 18.6. The van der Waals surface area contributed by atoms with Crippen molar-refractivity contribution in [2.45, 2.75) is 6.92 Å². The van der Waals surface area contributed by atoms with Crippen LogP contribution >= 0.6 is 0 Å². The van der Waals surface area contributed by atoms with E-state index in [-0.39, 0.29) is 0 Å². The topological polar surface area (TPSA) is 80.1 Å². The van der Waals surface area contributed by atoms with Crippen molar-refractivity contribution in [2.75, 3.05) is 26.0 Å². The molecule has 0 fully saturated rings. The Morgan fingerprint density at radius 3 is 2.93 bits per heavy atom. The summed E-state index contributed by atoms with van der Waals surface area (Å²) in [6, 6.07) is 2.06. The fourth-order valence-corrected chi connectivity index (χ4v) is 1.00. The van der Waals surface area contributed by atoms with E-state index in [2.05, 4.69) is 26.6 Å². The van der Waals surface area contributed by atoms with Gasteiger partial charge in [0, 0.05) is 20.6 Å². The van der Waals surface area contributed by atoms with Crippen LogP contribution in [0.1, 0.15) is 12.5 Å². The van der Waals surface area contributed by atoms with Crippen molar-refractivity contribution in [1.29, 1.82) is 5.26 Å². The zero-order valence-electron chi connectivity index (χ0n) is 9.07. The molecule has 1 heterocycles. The number of nitrogens with zero attached hydrogens (tertiary/aromatic N) is 4. The highest BCUT2D eigenvalue weighted by atomic mass is 15.2. The largest absolute Gasteiger partial charge is 0.369 e. The van der Waals surface area contributed by atoms with Crippen LogP contribution in [0.4, 0.5) is 11.6 Å². The number of anilines is 1. The molecule has 0 aliphatic rings. The number of hydrogen-bond acceptors (Lipinski definition) is 4. The number of hydrogen-bond donors (Lipinski definition) is 2. The SMILES string of the molecule is CCNc1n[nH]c(N=CN(C)C)c1C#N. The van der Waals surface area contributed by atoms with Gasteiger partial charge >= 0.3 is 0 Å². The van der Waals surface area contributed by atoms with Crippen LogP contribution < -0.4 is 5.32 Å². The minimum atomic E-state index is 0.440. The first kappa shape index (κ1) is 11.0. The number of aliphatic imine (C=N–C) groups is 1. The zero-order valence-corrected chi connectivity index (χ0v) is 9.07. The molecule has 0 aliphatic heterocycles. The van der Waals surface area contributed by atoms with Gasteiger partial charge in [0.2, 0.25) is 0 Å². The predicted octanol–water partition coefficient (Wildman–Crippen LogP) is 0.935. The number of nitriles is 1. The van der Waals surface area contributed by atoms with E-state index in [0.29, 0.717) is 17.2 Å². The number of nitrogens with one attached hydrogen (secondary N) is 2. The molecule has 1 rings (SSSR count). The molecule has 6 nitrogen and oxygen atoms in total. The molecule has 15 heavy (non-hydrogen) atoms. The van der Waals surface area contributed by atoms with Gasteiger partial charge in [-0.05, 0) is 6.92 Å². The Labute approximate surface area is 88.6 Å². The minimum Gasteiger partial charge on any atom is -0.369 e. The van der Waals surface area contributed by atoms with Gasteiger partial charge < -0.3 is 10.2 Å². The lowest BCUT2D eigenvalue weighted by atomic mass is 10.3. The fraction of sp³-hybridized carbons (Fsp3) is 0.444.